The van der Waals surface area contributed by atoms with Crippen LogP contribution in [0.5, 0.6) is 0 Å². The summed E-state index contributed by atoms with van der Waals surface area (Å²) in [4.78, 5) is 38.8. The summed E-state index contributed by atoms with van der Waals surface area (Å²) < 4.78 is 10.7. The second-order valence-corrected chi connectivity index (χ2v) is 9.04. The predicted molar refractivity (Wildman–Crippen MR) is 184 cm³/mol. The Labute approximate surface area is 311 Å². The number of nitrogen functional groups attached to an aromatic ring is 2. The minimum absolute atomic E-state index is 0. The van der Waals surface area contributed by atoms with Crippen molar-refractivity contribution >= 4 is 101 Å². The van der Waals surface area contributed by atoms with Gasteiger partial charge in [0.25, 0.3) is 6.47 Å². The maximum absolute atomic E-state index is 11.5. The van der Waals surface area contributed by atoms with E-state index in [4.69, 9.17) is 30.4 Å². The molecule has 0 saturated carbocycles. The third-order valence-corrected chi connectivity index (χ3v) is 6.49. The SMILES string of the molecule is Cl.Cl.Cl.Cl.Nc1cc2cccc(N3CCNCC3)c2oc1=O.Nc1cc2cccc(N3CCNCC3)c2oc1=O.O.O=CO[O-].[Na+]. The molecule has 0 amide bonds. The van der Waals surface area contributed by atoms with E-state index in [2.05, 4.69) is 25.3 Å². The fourth-order valence-corrected chi connectivity index (χ4v) is 4.60. The average Bonchev–Trinajstić information content (AvgIpc) is 2.99. The Morgan fingerprint density at radius 2 is 1.04 bits per heavy atom. The molecule has 0 unspecified atom stereocenters. The number of nitrogens with one attached hydrogen (secondary N) is 2. The van der Waals surface area contributed by atoms with Gasteiger partial charge >= 0.3 is 40.8 Å². The van der Waals surface area contributed by atoms with Gasteiger partial charge in [-0.05, 0) is 24.3 Å². The normalized spacial score (nSPS) is 13.1. The van der Waals surface area contributed by atoms with E-state index in [1.54, 1.807) is 12.1 Å². The maximum atomic E-state index is 11.5. The fraction of sp³-hybridized carbons (Fsp3) is 0.296. The first-order valence-electron chi connectivity index (χ1n) is 12.7. The van der Waals surface area contributed by atoms with Gasteiger partial charge in [0.1, 0.15) is 11.4 Å². The van der Waals surface area contributed by atoms with E-state index in [1.807, 2.05) is 36.4 Å². The van der Waals surface area contributed by atoms with Crippen molar-refractivity contribution < 1.29 is 58.8 Å². The molecule has 2 aliphatic heterocycles. The van der Waals surface area contributed by atoms with E-state index in [9.17, 15) is 9.59 Å². The molecule has 6 rings (SSSR count). The fourth-order valence-electron chi connectivity index (χ4n) is 4.60. The molecular formula is C27H37Cl4N6NaO8. The molecule has 19 heteroatoms. The van der Waals surface area contributed by atoms with E-state index in [-0.39, 0.29) is 103 Å². The van der Waals surface area contributed by atoms with Gasteiger partial charge in [-0.15, -0.1) is 49.6 Å². The van der Waals surface area contributed by atoms with Crippen LogP contribution in [-0.4, -0.2) is 64.3 Å². The molecule has 0 atom stereocenters. The number of para-hydroxylation sites is 2. The second kappa shape index (κ2) is 23.8. The second-order valence-electron chi connectivity index (χ2n) is 9.04. The molecule has 0 spiro atoms. The number of nitrogens with zero attached hydrogens (tertiary/aromatic N) is 2. The first kappa shape index (κ1) is 47.9. The summed E-state index contributed by atoms with van der Waals surface area (Å²) in [6.45, 7) is 7.22. The molecule has 252 valence electrons. The molecule has 14 nitrogen and oxygen atoms in total. The molecule has 8 N–H and O–H groups in total. The summed E-state index contributed by atoms with van der Waals surface area (Å²) in [6, 6.07) is 15.0. The van der Waals surface area contributed by atoms with Crippen LogP contribution in [0, 0.1) is 0 Å². The number of piperazine rings is 2. The molecule has 2 aliphatic rings. The monoisotopic (exact) mass is 736 g/mol. The number of carbonyl (C=O) groups excluding carboxylic acids is 1. The maximum Gasteiger partial charge on any atom is 1.00 e. The molecule has 4 aromatic rings. The Morgan fingerprint density at radius 1 is 0.717 bits per heavy atom. The van der Waals surface area contributed by atoms with Crippen molar-refractivity contribution in [2.24, 2.45) is 0 Å². The van der Waals surface area contributed by atoms with Crippen LogP contribution in [0.3, 0.4) is 0 Å². The standard InChI is InChI=1S/2C13H15N3O2.CH2O3.4ClH.Na.H2O/c2*14-10-8-9-2-1-3-11(12(9)18-13(10)17)16-6-4-15-5-7-16;2-1-4-3;;;;;;/h2*1-3,8,15H,4-7,14H2;1,3H;4*1H;;1H2/q;;;;;;;+1;/p-1. The van der Waals surface area contributed by atoms with Crippen molar-refractivity contribution in [1.82, 2.24) is 10.6 Å². The van der Waals surface area contributed by atoms with Gasteiger partial charge in [-0.1, -0.05) is 24.3 Å². The molecule has 2 aromatic heterocycles. The van der Waals surface area contributed by atoms with Crippen LogP contribution >= 0.6 is 49.6 Å². The summed E-state index contributed by atoms with van der Waals surface area (Å²) in [6.07, 6.45) is 0. The molecule has 4 heterocycles. The molecule has 2 saturated heterocycles. The smallest absolute Gasteiger partial charge is 0.662 e. The molecule has 2 aromatic carbocycles. The number of hydrogen-bond donors (Lipinski definition) is 4. The van der Waals surface area contributed by atoms with Crippen LogP contribution < -0.4 is 78.0 Å². The molecule has 46 heavy (non-hydrogen) atoms. The first-order chi connectivity index (χ1) is 19.4. The minimum Gasteiger partial charge on any atom is -0.662 e. The summed E-state index contributed by atoms with van der Waals surface area (Å²) in [5.74, 6) is 0. The van der Waals surface area contributed by atoms with Gasteiger partial charge in [-0.25, -0.2) is 9.59 Å². The van der Waals surface area contributed by atoms with Crippen molar-refractivity contribution in [3.8, 4) is 0 Å². The molecule has 0 radical (unpaired) electrons. The Bertz CT molecular complexity index is 1470. The van der Waals surface area contributed by atoms with E-state index in [0.29, 0.717) is 11.2 Å². The van der Waals surface area contributed by atoms with E-state index in [0.717, 1.165) is 74.5 Å². The summed E-state index contributed by atoms with van der Waals surface area (Å²) >= 11 is 0. The number of carbonyl (C=O) groups is 1. The van der Waals surface area contributed by atoms with Crippen molar-refractivity contribution in [2.75, 3.05) is 73.6 Å². The molecule has 0 bridgehead atoms. The van der Waals surface area contributed by atoms with E-state index < -0.39 is 11.3 Å². The zero-order valence-corrected chi connectivity index (χ0v) is 30.2. The number of anilines is 4. The van der Waals surface area contributed by atoms with Crippen LogP contribution in [0.2, 0.25) is 0 Å². The van der Waals surface area contributed by atoms with Crippen molar-refractivity contribution in [1.29, 1.82) is 0 Å². The summed E-state index contributed by atoms with van der Waals surface area (Å²) in [5, 5.41) is 16.8. The molecular weight excluding hydrogens is 701 g/mol. The number of rotatable bonds is 3. The van der Waals surface area contributed by atoms with Crippen LogP contribution in [0.25, 0.3) is 21.9 Å². The van der Waals surface area contributed by atoms with Crippen LogP contribution in [0.4, 0.5) is 22.7 Å². The molecule has 2 fully saturated rings. The van der Waals surface area contributed by atoms with Gasteiger partial charge in [0.05, 0.1) is 11.4 Å². The van der Waals surface area contributed by atoms with Crippen molar-refractivity contribution in [3.05, 3.63) is 69.4 Å². The van der Waals surface area contributed by atoms with Gasteiger partial charge in [-0.2, -0.15) is 0 Å². The van der Waals surface area contributed by atoms with Crippen molar-refractivity contribution in [3.63, 3.8) is 0 Å². The number of benzene rings is 2. The zero-order chi connectivity index (χ0) is 28.5. The summed E-state index contributed by atoms with van der Waals surface area (Å²) in [5.41, 5.74) is 13.7. The third kappa shape index (κ3) is 12.3. The number of halogens is 4. The van der Waals surface area contributed by atoms with Gasteiger partial charge < -0.3 is 56.4 Å². The van der Waals surface area contributed by atoms with Crippen LogP contribution in [-0.2, 0) is 9.68 Å². The van der Waals surface area contributed by atoms with Crippen LogP contribution in [0.15, 0.2) is 67.0 Å². The number of hydrogen-bond acceptors (Lipinski definition) is 13. The van der Waals surface area contributed by atoms with Gasteiger partial charge in [-0.3, -0.25) is 4.79 Å². The van der Waals surface area contributed by atoms with E-state index >= 15 is 0 Å². The third-order valence-electron chi connectivity index (χ3n) is 6.49. The van der Waals surface area contributed by atoms with Gasteiger partial charge in [0, 0.05) is 63.1 Å². The van der Waals surface area contributed by atoms with Gasteiger partial charge in [0.2, 0.25) is 0 Å². The average molecular weight is 738 g/mol. The minimum atomic E-state index is -0.468. The van der Waals surface area contributed by atoms with Crippen molar-refractivity contribution in [2.45, 2.75) is 0 Å². The van der Waals surface area contributed by atoms with Gasteiger partial charge in [0.15, 0.2) is 11.2 Å². The van der Waals surface area contributed by atoms with Crippen LogP contribution in [0.1, 0.15) is 0 Å². The number of nitrogens with two attached hydrogens (primary N) is 2. The predicted octanol–water partition coefficient (Wildman–Crippen LogP) is -2.13. The topological polar surface area (TPSA) is 224 Å². The Morgan fingerprint density at radius 3 is 1.35 bits per heavy atom. The largest absolute Gasteiger partial charge is 1.00 e. The Hall–Kier alpha value is -2.47. The Balaban J connectivity index is -0.000000645. The summed E-state index contributed by atoms with van der Waals surface area (Å²) in [7, 11) is 0. The zero-order valence-electron chi connectivity index (χ0n) is 24.9. The quantitative estimate of drug-likeness (QED) is 0.0581. The Kier molecular flexibility index (Phi) is 24.8. The molecule has 0 aliphatic carbocycles. The number of fused-ring (bicyclic) bond motifs is 2. The van der Waals surface area contributed by atoms with E-state index in [1.165, 1.54) is 0 Å². The first-order valence-corrected chi connectivity index (χ1v) is 12.7.